The maximum Gasteiger partial charge on any atom is 0.249 e. The molecule has 0 aliphatic carbocycles. The fourth-order valence-electron chi connectivity index (χ4n) is 3.39. The van der Waals surface area contributed by atoms with Crippen LogP contribution in [-0.4, -0.2) is 20.9 Å². The number of halogens is 1. The lowest BCUT2D eigenvalue weighted by Crippen LogP contribution is -2.27. The minimum atomic E-state index is -0.204. The molecule has 2 heterocycles. The van der Waals surface area contributed by atoms with Crippen molar-refractivity contribution in [3.63, 3.8) is 0 Å². The molecular weight excluding hydrogens is 362 g/mol. The molecule has 27 heavy (non-hydrogen) atoms. The van der Waals surface area contributed by atoms with Crippen molar-refractivity contribution in [3.05, 3.63) is 70.1 Å². The van der Waals surface area contributed by atoms with Crippen molar-refractivity contribution in [2.24, 2.45) is 0 Å². The lowest BCUT2D eigenvalue weighted by atomic mass is 10.1. The predicted molar refractivity (Wildman–Crippen MR) is 103 cm³/mol. The van der Waals surface area contributed by atoms with Gasteiger partial charge in [0.1, 0.15) is 6.04 Å². The molecule has 1 unspecified atom stereocenters. The number of carbonyl (C=O) groups excluding carboxylic acids is 1. The lowest BCUT2D eigenvalue weighted by Gasteiger charge is -2.22. The van der Waals surface area contributed by atoms with Crippen LogP contribution in [0.25, 0.3) is 11.4 Å². The molecule has 1 saturated heterocycles. The second-order valence-electron chi connectivity index (χ2n) is 6.96. The smallest absolute Gasteiger partial charge is 0.249 e. The lowest BCUT2D eigenvalue weighted by molar-refractivity contribution is -0.129. The van der Waals surface area contributed by atoms with E-state index in [2.05, 4.69) is 24.0 Å². The third kappa shape index (κ3) is 3.60. The minimum Gasteiger partial charge on any atom is -0.337 e. The van der Waals surface area contributed by atoms with Gasteiger partial charge in [-0.25, -0.2) is 0 Å². The topological polar surface area (TPSA) is 59.2 Å². The summed E-state index contributed by atoms with van der Waals surface area (Å²) in [4.78, 5) is 18.8. The Labute approximate surface area is 163 Å². The number of likely N-dealkylation sites (tertiary alicyclic amines) is 1. The van der Waals surface area contributed by atoms with E-state index in [1.165, 1.54) is 11.1 Å². The molecule has 5 nitrogen and oxygen atoms in total. The van der Waals surface area contributed by atoms with Crippen LogP contribution in [0, 0.1) is 13.8 Å². The summed E-state index contributed by atoms with van der Waals surface area (Å²) in [7, 11) is 0. The van der Waals surface area contributed by atoms with Gasteiger partial charge < -0.3 is 9.42 Å². The van der Waals surface area contributed by atoms with Gasteiger partial charge in [-0.1, -0.05) is 41.0 Å². The van der Waals surface area contributed by atoms with Crippen molar-refractivity contribution in [2.75, 3.05) is 0 Å². The number of benzene rings is 2. The summed E-state index contributed by atoms with van der Waals surface area (Å²) in [5.41, 5.74) is 4.30. The third-order valence-corrected chi connectivity index (χ3v) is 5.30. The number of nitrogens with zero attached hydrogens (tertiary/aromatic N) is 3. The summed E-state index contributed by atoms with van der Waals surface area (Å²) in [5.74, 6) is 1.12. The zero-order valence-electron chi connectivity index (χ0n) is 15.3. The molecule has 1 atom stereocenters. The van der Waals surface area contributed by atoms with Crippen molar-refractivity contribution < 1.29 is 9.32 Å². The second kappa shape index (κ2) is 7.16. The molecule has 0 radical (unpaired) electrons. The van der Waals surface area contributed by atoms with Crippen LogP contribution in [0.1, 0.15) is 41.5 Å². The summed E-state index contributed by atoms with van der Waals surface area (Å²) in [5, 5.41) is 4.80. The van der Waals surface area contributed by atoms with Gasteiger partial charge in [-0.05, 0) is 55.2 Å². The number of aryl methyl sites for hydroxylation is 2. The highest BCUT2D eigenvalue weighted by atomic mass is 35.5. The quantitative estimate of drug-likeness (QED) is 0.646. The maximum atomic E-state index is 12.4. The maximum absolute atomic E-state index is 12.4. The SMILES string of the molecule is Cc1ccc(-c2noc(C3CCC(=O)N3Cc3cccc(Cl)c3)n2)cc1C. The molecule has 1 aliphatic heterocycles. The molecule has 0 N–H and O–H groups in total. The van der Waals surface area contributed by atoms with E-state index in [0.29, 0.717) is 36.1 Å². The molecule has 3 aromatic rings. The molecule has 0 bridgehead atoms. The average Bonchev–Trinajstić information content (AvgIpc) is 3.25. The Morgan fingerprint density at radius 1 is 1.19 bits per heavy atom. The number of amides is 1. The van der Waals surface area contributed by atoms with Gasteiger partial charge in [0.25, 0.3) is 0 Å². The molecule has 4 rings (SSSR count). The third-order valence-electron chi connectivity index (χ3n) is 5.06. The Balaban J connectivity index is 1.59. The summed E-state index contributed by atoms with van der Waals surface area (Å²) in [6, 6.07) is 13.4. The largest absolute Gasteiger partial charge is 0.337 e. The van der Waals surface area contributed by atoms with Gasteiger partial charge in [0, 0.05) is 23.6 Å². The van der Waals surface area contributed by atoms with Crippen molar-refractivity contribution in [1.29, 1.82) is 0 Å². The van der Waals surface area contributed by atoms with Crippen LogP contribution in [0.5, 0.6) is 0 Å². The Hall–Kier alpha value is -2.66. The van der Waals surface area contributed by atoms with E-state index in [9.17, 15) is 4.79 Å². The van der Waals surface area contributed by atoms with Crippen LogP contribution in [-0.2, 0) is 11.3 Å². The Morgan fingerprint density at radius 2 is 2.04 bits per heavy atom. The van der Waals surface area contributed by atoms with E-state index in [1.807, 2.05) is 42.5 Å². The van der Waals surface area contributed by atoms with Crippen LogP contribution < -0.4 is 0 Å². The molecule has 1 aliphatic rings. The first-order valence-electron chi connectivity index (χ1n) is 8.96. The summed E-state index contributed by atoms with van der Waals surface area (Å²) >= 11 is 6.07. The fourth-order valence-corrected chi connectivity index (χ4v) is 3.60. The van der Waals surface area contributed by atoms with Crippen molar-refractivity contribution in [3.8, 4) is 11.4 Å². The standard InChI is InChI=1S/C21H20ClN3O2/c1-13-6-7-16(10-14(13)2)20-23-21(27-24-20)18-8-9-19(26)25(18)12-15-4-3-5-17(22)11-15/h3-7,10-11,18H,8-9,12H2,1-2H3. The average molecular weight is 382 g/mol. The summed E-state index contributed by atoms with van der Waals surface area (Å²) in [6.07, 6.45) is 1.15. The van der Waals surface area contributed by atoms with Crippen LogP contribution in [0.3, 0.4) is 0 Å². The molecule has 1 amide bonds. The van der Waals surface area contributed by atoms with E-state index in [4.69, 9.17) is 16.1 Å². The van der Waals surface area contributed by atoms with Crippen LogP contribution >= 0.6 is 11.6 Å². The molecular formula is C21H20ClN3O2. The van der Waals surface area contributed by atoms with E-state index >= 15 is 0 Å². The van der Waals surface area contributed by atoms with Crippen molar-refractivity contribution in [1.82, 2.24) is 15.0 Å². The number of rotatable bonds is 4. The Kier molecular flexibility index (Phi) is 4.70. The van der Waals surface area contributed by atoms with E-state index in [1.54, 1.807) is 4.90 Å². The van der Waals surface area contributed by atoms with Gasteiger partial charge in [-0.3, -0.25) is 4.79 Å². The second-order valence-corrected chi connectivity index (χ2v) is 7.40. The van der Waals surface area contributed by atoms with E-state index in [-0.39, 0.29) is 11.9 Å². The zero-order chi connectivity index (χ0) is 19.0. The highest BCUT2D eigenvalue weighted by molar-refractivity contribution is 6.30. The molecule has 6 heteroatoms. The van der Waals surface area contributed by atoms with Crippen LogP contribution in [0.15, 0.2) is 47.0 Å². The first-order valence-corrected chi connectivity index (χ1v) is 9.34. The van der Waals surface area contributed by atoms with Gasteiger partial charge >= 0.3 is 0 Å². The van der Waals surface area contributed by atoms with E-state index < -0.39 is 0 Å². The van der Waals surface area contributed by atoms with Crippen LogP contribution in [0.4, 0.5) is 0 Å². The molecule has 1 fully saturated rings. The Morgan fingerprint density at radius 3 is 2.81 bits per heavy atom. The molecule has 0 saturated carbocycles. The first-order chi connectivity index (χ1) is 13.0. The number of carbonyl (C=O) groups is 1. The molecule has 2 aromatic carbocycles. The molecule has 0 spiro atoms. The number of hydrogen-bond acceptors (Lipinski definition) is 4. The molecule has 138 valence electrons. The van der Waals surface area contributed by atoms with E-state index in [0.717, 1.165) is 11.1 Å². The highest BCUT2D eigenvalue weighted by Gasteiger charge is 2.36. The van der Waals surface area contributed by atoms with Gasteiger partial charge in [0.15, 0.2) is 0 Å². The number of aromatic nitrogens is 2. The highest BCUT2D eigenvalue weighted by Crippen LogP contribution is 2.34. The first kappa shape index (κ1) is 17.7. The summed E-state index contributed by atoms with van der Waals surface area (Å²) < 4.78 is 5.53. The monoisotopic (exact) mass is 381 g/mol. The fraction of sp³-hybridized carbons (Fsp3) is 0.286. The zero-order valence-corrected chi connectivity index (χ0v) is 16.0. The van der Waals surface area contributed by atoms with Crippen molar-refractivity contribution >= 4 is 17.5 Å². The summed E-state index contributed by atoms with van der Waals surface area (Å²) in [6.45, 7) is 4.60. The van der Waals surface area contributed by atoms with Crippen LogP contribution in [0.2, 0.25) is 5.02 Å². The Bertz CT molecular complexity index is 999. The van der Waals surface area contributed by atoms with Gasteiger partial charge in [-0.2, -0.15) is 4.98 Å². The molecule has 1 aromatic heterocycles. The van der Waals surface area contributed by atoms with Crippen molar-refractivity contribution in [2.45, 2.75) is 39.3 Å². The van der Waals surface area contributed by atoms with Gasteiger partial charge in [-0.15, -0.1) is 0 Å². The number of hydrogen-bond donors (Lipinski definition) is 0. The normalized spacial score (nSPS) is 16.9. The van der Waals surface area contributed by atoms with Gasteiger partial charge in [0.05, 0.1) is 0 Å². The predicted octanol–water partition coefficient (Wildman–Crippen LogP) is 4.87. The minimum absolute atomic E-state index is 0.0888. The van der Waals surface area contributed by atoms with Gasteiger partial charge in [0.2, 0.25) is 17.6 Å².